The van der Waals surface area contributed by atoms with E-state index in [0.717, 1.165) is 11.1 Å². The minimum Gasteiger partial charge on any atom is -0.294 e. The number of hydrogen-bond acceptors (Lipinski definition) is 1. The summed E-state index contributed by atoms with van der Waals surface area (Å²) in [4.78, 5) is 12.0. The van der Waals surface area contributed by atoms with E-state index >= 15 is 0 Å². The first kappa shape index (κ1) is 9.43. The largest absolute Gasteiger partial charge is 0.294 e. The first-order valence-corrected chi connectivity index (χ1v) is 5.93. The van der Waals surface area contributed by atoms with Crippen molar-refractivity contribution in [1.29, 1.82) is 0 Å². The Morgan fingerprint density at radius 2 is 2.12 bits per heavy atom. The second-order valence-corrected chi connectivity index (χ2v) is 4.67. The van der Waals surface area contributed by atoms with Gasteiger partial charge in [0.25, 0.3) is 0 Å². The number of ketones is 1. The van der Waals surface area contributed by atoms with E-state index in [-0.39, 0.29) is 11.7 Å². The van der Waals surface area contributed by atoms with Crippen LogP contribution >= 0.6 is 11.6 Å². The van der Waals surface area contributed by atoms with Gasteiger partial charge in [-0.1, -0.05) is 48.0 Å². The van der Waals surface area contributed by atoms with E-state index in [4.69, 9.17) is 13.0 Å². The summed E-state index contributed by atoms with van der Waals surface area (Å²) in [5, 5.41) is 0.585. The molecule has 1 aliphatic carbocycles. The van der Waals surface area contributed by atoms with Gasteiger partial charge in [-0.25, -0.2) is 0 Å². The Hall–Kier alpha value is -1.60. The van der Waals surface area contributed by atoms with Crippen molar-refractivity contribution in [2.45, 2.75) is 12.3 Å². The molecule has 2 heteroatoms. The summed E-state index contributed by atoms with van der Waals surface area (Å²) >= 11 is 5.92. The fourth-order valence-electron chi connectivity index (χ4n) is 2.38. The van der Waals surface area contributed by atoms with E-state index in [1.165, 1.54) is 0 Å². The molecule has 2 aromatic carbocycles. The molecular weight excluding hydrogens is 232 g/mol. The van der Waals surface area contributed by atoms with Gasteiger partial charge in [0.05, 0.1) is 1.37 Å². The minimum absolute atomic E-state index is 0.00142. The third-order valence-corrected chi connectivity index (χ3v) is 3.42. The number of benzene rings is 2. The molecule has 84 valence electrons. The maximum Gasteiger partial charge on any atom is 0.164 e. The lowest BCUT2D eigenvalue weighted by molar-refractivity contribution is 0.0991. The highest BCUT2D eigenvalue weighted by atomic mass is 35.5. The molecule has 0 amide bonds. The number of halogens is 1. The number of Topliss-reactive ketones (excluding diaryl/α,β-unsaturated/α-hetero) is 1. The lowest BCUT2D eigenvalue weighted by Crippen LogP contribution is -1.95. The van der Waals surface area contributed by atoms with Crippen LogP contribution in [-0.2, 0) is 0 Å². The molecule has 0 aliphatic heterocycles. The van der Waals surface area contributed by atoms with Gasteiger partial charge in [0.2, 0.25) is 0 Å². The monoisotopic (exact) mass is 243 g/mol. The summed E-state index contributed by atoms with van der Waals surface area (Å²) in [5.41, 5.74) is 2.60. The zero-order valence-corrected chi connectivity index (χ0v) is 9.87. The summed E-state index contributed by atoms with van der Waals surface area (Å²) in [6, 6.07) is 13.3. The maximum absolute atomic E-state index is 12.0. The van der Waals surface area contributed by atoms with Crippen LogP contribution in [0.5, 0.6) is 0 Å². The second-order valence-electron chi connectivity index (χ2n) is 4.23. The van der Waals surface area contributed by atoms with Gasteiger partial charge in [0, 0.05) is 22.9 Å². The summed E-state index contributed by atoms with van der Waals surface area (Å²) in [6.45, 7) is 0. The Labute approximate surface area is 106 Å². The molecule has 0 heterocycles. The van der Waals surface area contributed by atoms with E-state index < -0.39 is 0 Å². The molecule has 1 nitrogen and oxygen atoms in total. The number of carbonyl (C=O) groups is 1. The number of carbonyl (C=O) groups excluding carboxylic acids is 1. The molecule has 0 radical (unpaired) electrons. The van der Waals surface area contributed by atoms with Crippen molar-refractivity contribution in [3.8, 4) is 0 Å². The zero-order chi connectivity index (χ0) is 12.7. The Bertz CT molecular complexity index is 636. The summed E-state index contributed by atoms with van der Waals surface area (Å²) in [5.74, 6) is 0.110. The SMILES string of the molecule is [2H]c1ccccc1[C@@H]1CC(=O)c2cc(Cl)ccc21. The first-order valence-electron chi connectivity index (χ1n) is 6.05. The van der Waals surface area contributed by atoms with Crippen molar-refractivity contribution >= 4 is 17.4 Å². The van der Waals surface area contributed by atoms with Crippen molar-refractivity contribution in [2.75, 3.05) is 0 Å². The third kappa shape index (κ3) is 1.77. The van der Waals surface area contributed by atoms with Gasteiger partial charge >= 0.3 is 0 Å². The van der Waals surface area contributed by atoms with Crippen LogP contribution < -0.4 is 0 Å². The maximum atomic E-state index is 12.0. The number of fused-ring (bicyclic) bond motifs is 1. The predicted octanol–water partition coefficient (Wildman–Crippen LogP) is 4.06. The Morgan fingerprint density at radius 3 is 2.94 bits per heavy atom. The van der Waals surface area contributed by atoms with Crippen molar-refractivity contribution in [2.24, 2.45) is 0 Å². The molecule has 0 spiro atoms. The van der Waals surface area contributed by atoms with Crippen molar-refractivity contribution in [3.05, 3.63) is 70.2 Å². The molecule has 0 fully saturated rings. The summed E-state index contributed by atoms with van der Waals surface area (Å²) in [6.07, 6.45) is 0.436. The van der Waals surface area contributed by atoms with Gasteiger partial charge < -0.3 is 0 Å². The van der Waals surface area contributed by atoms with Crippen molar-refractivity contribution in [1.82, 2.24) is 0 Å². The van der Waals surface area contributed by atoms with Gasteiger partial charge in [0.1, 0.15) is 0 Å². The zero-order valence-electron chi connectivity index (χ0n) is 10.1. The Morgan fingerprint density at radius 1 is 1.24 bits per heavy atom. The van der Waals surface area contributed by atoms with Gasteiger partial charge in [-0.05, 0) is 23.3 Å². The highest BCUT2D eigenvalue weighted by Crippen LogP contribution is 2.38. The number of rotatable bonds is 1. The fourth-order valence-corrected chi connectivity index (χ4v) is 2.55. The summed E-state index contributed by atoms with van der Waals surface area (Å²) in [7, 11) is 0. The van der Waals surface area contributed by atoms with Gasteiger partial charge in [0.15, 0.2) is 5.78 Å². The quantitative estimate of drug-likeness (QED) is 0.738. The van der Waals surface area contributed by atoms with E-state index in [1.54, 1.807) is 18.2 Å². The van der Waals surface area contributed by atoms with Gasteiger partial charge in [-0.3, -0.25) is 4.79 Å². The molecule has 0 N–H and O–H groups in total. The van der Waals surface area contributed by atoms with E-state index in [0.29, 0.717) is 23.0 Å². The highest BCUT2D eigenvalue weighted by molar-refractivity contribution is 6.31. The van der Waals surface area contributed by atoms with Crippen LogP contribution in [-0.4, -0.2) is 5.78 Å². The molecule has 1 atom stereocenters. The van der Waals surface area contributed by atoms with Crippen LogP contribution in [0.3, 0.4) is 0 Å². The predicted molar refractivity (Wildman–Crippen MR) is 68.7 cm³/mol. The molecule has 0 bridgehead atoms. The molecule has 0 unspecified atom stereocenters. The minimum atomic E-state index is -0.00142. The molecule has 0 aromatic heterocycles. The standard InChI is InChI=1S/C15H11ClO/c16-11-6-7-12-13(9-15(17)14(12)8-11)10-4-2-1-3-5-10/h1-8,13H,9H2/t13-/m0/s1/i4D. The molecule has 3 rings (SSSR count). The fraction of sp³-hybridized carbons (Fsp3) is 0.133. The van der Waals surface area contributed by atoms with Crippen molar-refractivity contribution < 1.29 is 6.17 Å². The number of hydrogen-bond donors (Lipinski definition) is 0. The van der Waals surface area contributed by atoms with Crippen LogP contribution in [0.15, 0.2) is 48.5 Å². The third-order valence-electron chi connectivity index (χ3n) is 3.19. The molecule has 2 aromatic rings. The molecule has 0 saturated carbocycles. The summed E-state index contributed by atoms with van der Waals surface area (Å²) < 4.78 is 7.95. The van der Waals surface area contributed by atoms with Gasteiger partial charge in [-0.15, -0.1) is 0 Å². The Balaban J connectivity index is 2.14. The first-order chi connectivity index (χ1) is 8.66. The molecule has 0 saturated heterocycles. The average molecular weight is 244 g/mol. The van der Waals surface area contributed by atoms with E-state index in [1.807, 2.05) is 24.3 Å². The lowest BCUT2D eigenvalue weighted by atomic mass is 9.93. The molecule has 17 heavy (non-hydrogen) atoms. The van der Waals surface area contributed by atoms with Crippen LogP contribution in [0.2, 0.25) is 5.02 Å². The lowest BCUT2D eigenvalue weighted by Gasteiger charge is -2.10. The Kier molecular flexibility index (Phi) is 2.22. The second kappa shape index (κ2) is 4.01. The average Bonchev–Trinajstić information content (AvgIpc) is 2.67. The van der Waals surface area contributed by atoms with Gasteiger partial charge in [-0.2, -0.15) is 0 Å². The molecular formula is C15H11ClO. The smallest absolute Gasteiger partial charge is 0.164 e. The van der Waals surface area contributed by atoms with Crippen LogP contribution in [0.1, 0.15) is 35.2 Å². The van der Waals surface area contributed by atoms with Crippen LogP contribution in [0, 0.1) is 0 Å². The highest BCUT2D eigenvalue weighted by Gasteiger charge is 2.30. The van der Waals surface area contributed by atoms with Crippen LogP contribution in [0.25, 0.3) is 0 Å². The van der Waals surface area contributed by atoms with Crippen molar-refractivity contribution in [3.63, 3.8) is 0 Å². The molecule has 1 aliphatic rings. The van der Waals surface area contributed by atoms with E-state index in [2.05, 4.69) is 0 Å². The topological polar surface area (TPSA) is 17.1 Å². The normalized spacial score (nSPS) is 19.0. The van der Waals surface area contributed by atoms with E-state index in [9.17, 15) is 4.79 Å². The van der Waals surface area contributed by atoms with Crippen LogP contribution in [0.4, 0.5) is 0 Å².